The molecular formula is C13H19N3O2. The number of nitrogens with one attached hydrogen (secondary N) is 1. The first kappa shape index (κ1) is 14.2. The lowest BCUT2D eigenvalue weighted by Gasteiger charge is -2.15. The molecule has 5 N–H and O–H groups in total. The predicted octanol–water partition coefficient (Wildman–Crippen LogP) is -0.145. The molecular weight excluding hydrogens is 230 g/mol. The second kappa shape index (κ2) is 6.16. The third-order valence-electron chi connectivity index (χ3n) is 2.70. The molecule has 1 aromatic rings. The van der Waals surface area contributed by atoms with Crippen molar-refractivity contribution in [1.82, 2.24) is 5.32 Å². The zero-order valence-corrected chi connectivity index (χ0v) is 10.6. The van der Waals surface area contributed by atoms with Crippen molar-refractivity contribution in [1.29, 1.82) is 0 Å². The molecule has 0 aliphatic rings. The summed E-state index contributed by atoms with van der Waals surface area (Å²) in [7, 11) is 0. The van der Waals surface area contributed by atoms with Crippen LogP contribution in [0, 0.1) is 6.92 Å². The first-order valence-corrected chi connectivity index (χ1v) is 5.81. The van der Waals surface area contributed by atoms with Crippen LogP contribution in [-0.2, 0) is 16.0 Å². The van der Waals surface area contributed by atoms with Gasteiger partial charge in [0.15, 0.2) is 0 Å². The molecule has 0 radical (unpaired) electrons. The Morgan fingerprint density at radius 3 is 2.33 bits per heavy atom. The predicted molar refractivity (Wildman–Crippen MR) is 69.7 cm³/mol. The third kappa shape index (κ3) is 4.18. The van der Waals surface area contributed by atoms with Gasteiger partial charge in [0.05, 0.1) is 6.04 Å². The molecule has 0 heterocycles. The fourth-order valence-corrected chi connectivity index (χ4v) is 1.46. The standard InChI is InChI=1S/C13H19N3O2/c1-8-3-5-10(6-4-8)7-11(14)13(18)16-9(2)12(15)17/h3-6,9,11H,7,14H2,1-2H3,(H2,15,17)(H,16,18)/t9-,11-/m0/s1. The van der Waals surface area contributed by atoms with E-state index in [1.807, 2.05) is 31.2 Å². The molecule has 2 atom stereocenters. The number of carbonyl (C=O) groups excluding carboxylic acids is 2. The van der Waals surface area contributed by atoms with E-state index in [9.17, 15) is 9.59 Å². The molecule has 0 unspecified atom stereocenters. The molecule has 1 rings (SSSR count). The average Bonchev–Trinajstić information content (AvgIpc) is 2.31. The van der Waals surface area contributed by atoms with Crippen molar-refractivity contribution in [3.8, 4) is 0 Å². The van der Waals surface area contributed by atoms with Gasteiger partial charge in [0, 0.05) is 0 Å². The van der Waals surface area contributed by atoms with Gasteiger partial charge < -0.3 is 16.8 Å². The van der Waals surface area contributed by atoms with E-state index in [0.29, 0.717) is 6.42 Å². The average molecular weight is 249 g/mol. The van der Waals surface area contributed by atoms with Crippen molar-refractivity contribution in [3.05, 3.63) is 35.4 Å². The van der Waals surface area contributed by atoms with Crippen molar-refractivity contribution >= 4 is 11.8 Å². The number of aryl methyl sites for hydroxylation is 1. The Kier molecular flexibility index (Phi) is 4.85. The zero-order chi connectivity index (χ0) is 13.7. The molecule has 1 aromatic carbocycles. The summed E-state index contributed by atoms with van der Waals surface area (Å²) in [5.41, 5.74) is 13.0. The van der Waals surface area contributed by atoms with Gasteiger partial charge >= 0.3 is 0 Å². The minimum absolute atomic E-state index is 0.373. The molecule has 18 heavy (non-hydrogen) atoms. The summed E-state index contributed by atoms with van der Waals surface area (Å²) in [6.07, 6.45) is 0.428. The van der Waals surface area contributed by atoms with E-state index in [0.717, 1.165) is 11.1 Å². The summed E-state index contributed by atoms with van der Waals surface area (Å²) in [6.45, 7) is 3.52. The van der Waals surface area contributed by atoms with Crippen LogP contribution in [0.1, 0.15) is 18.1 Å². The van der Waals surface area contributed by atoms with Crippen LogP contribution in [0.3, 0.4) is 0 Å². The first-order valence-electron chi connectivity index (χ1n) is 5.81. The normalized spacial score (nSPS) is 13.7. The minimum atomic E-state index is -0.707. The van der Waals surface area contributed by atoms with E-state index in [1.165, 1.54) is 6.92 Å². The highest BCUT2D eigenvalue weighted by molar-refractivity contribution is 5.88. The maximum Gasteiger partial charge on any atom is 0.239 e. The Labute approximate surface area is 107 Å². The van der Waals surface area contributed by atoms with Gasteiger partial charge in [-0.3, -0.25) is 9.59 Å². The minimum Gasteiger partial charge on any atom is -0.368 e. The SMILES string of the molecule is Cc1ccc(C[C@H](N)C(=O)N[C@@H](C)C(N)=O)cc1. The number of hydrogen-bond donors (Lipinski definition) is 3. The van der Waals surface area contributed by atoms with Gasteiger partial charge in [0.25, 0.3) is 0 Å². The van der Waals surface area contributed by atoms with Crippen LogP contribution in [0.15, 0.2) is 24.3 Å². The molecule has 2 amide bonds. The van der Waals surface area contributed by atoms with Crippen LogP contribution in [0.2, 0.25) is 0 Å². The maximum atomic E-state index is 11.7. The number of benzene rings is 1. The molecule has 5 heteroatoms. The lowest BCUT2D eigenvalue weighted by molar-refractivity contribution is -0.127. The van der Waals surface area contributed by atoms with E-state index in [2.05, 4.69) is 5.32 Å². The van der Waals surface area contributed by atoms with E-state index in [1.54, 1.807) is 0 Å². The van der Waals surface area contributed by atoms with Gasteiger partial charge in [-0.2, -0.15) is 0 Å². The lowest BCUT2D eigenvalue weighted by Crippen LogP contribution is -2.49. The van der Waals surface area contributed by atoms with Crippen LogP contribution in [0.4, 0.5) is 0 Å². The molecule has 0 spiro atoms. The van der Waals surface area contributed by atoms with Crippen molar-refractivity contribution in [2.45, 2.75) is 32.4 Å². The van der Waals surface area contributed by atoms with Crippen molar-refractivity contribution in [2.24, 2.45) is 11.5 Å². The molecule has 98 valence electrons. The molecule has 0 fully saturated rings. The molecule has 0 aliphatic heterocycles. The molecule has 0 bridgehead atoms. The second-order valence-electron chi connectivity index (χ2n) is 4.43. The monoisotopic (exact) mass is 249 g/mol. The van der Waals surface area contributed by atoms with Crippen molar-refractivity contribution < 1.29 is 9.59 Å². The zero-order valence-electron chi connectivity index (χ0n) is 10.6. The van der Waals surface area contributed by atoms with E-state index in [4.69, 9.17) is 11.5 Å². The topological polar surface area (TPSA) is 98.2 Å². The quantitative estimate of drug-likeness (QED) is 0.677. The number of nitrogens with two attached hydrogens (primary N) is 2. The van der Waals surface area contributed by atoms with Gasteiger partial charge in [-0.15, -0.1) is 0 Å². The molecule has 0 aromatic heterocycles. The summed E-state index contributed by atoms with van der Waals surface area (Å²) in [4.78, 5) is 22.5. The van der Waals surface area contributed by atoms with Crippen molar-refractivity contribution in [2.75, 3.05) is 0 Å². The summed E-state index contributed by atoms with van der Waals surface area (Å²) < 4.78 is 0. The largest absolute Gasteiger partial charge is 0.368 e. The molecule has 5 nitrogen and oxygen atoms in total. The number of carbonyl (C=O) groups is 2. The van der Waals surface area contributed by atoms with Gasteiger partial charge in [0.2, 0.25) is 11.8 Å². The van der Waals surface area contributed by atoms with Crippen LogP contribution < -0.4 is 16.8 Å². The summed E-state index contributed by atoms with van der Waals surface area (Å²) in [6, 6.07) is 6.40. The third-order valence-corrected chi connectivity index (χ3v) is 2.70. The summed E-state index contributed by atoms with van der Waals surface area (Å²) >= 11 is 0. The number of rotatable bonds is 5. The van der Waals surface area contributed by atoms with Crippen LogP contribution in [-0.4, -0.2) is 23.9 Å². The van der Waals surface area contributed by atoms with E-state index < -0.39 is 18.0 Å². The number of primary amides is 1. The van der Waals surface area contributed by atoms with Crippen LogP contribution >= 0.6 is 0 Å². The lowest BCUT2D eigenvalue weighted by atomic mass is 10.0. The fraction of sp³-hybridized carbons (Fsp3) is 0.385. The van der Waals surface area contributed by atoms with Crippen molar-refractivity contribution in [3.63, 3.8) is 0 Å². The number of amides is 2. The summed E-state index contributed by atoms with van der Waals surface area (Å²) in [5, 5.41) is 2.47. The van der Waals surface area contributed by atoms with E-state index in [-0.39, 0.29) is 5.91 Å². The molecule has 0 saturated heterocycles. The Morgan fingerprint density at radius 2 is 1.83 bits per heavy atom. The van der Waals surface area contributed by atoms with Gasteiger partial charge in [-0.1, -0.05) is 29.8 Å². The fourth-order valence-electron chi connectivity index (χ4n) is 1.46. The smallest absolute Gasteiger partial charge is 0.239 e. The van der Waals surface area contributed by atoms with Gasteiger partial charge in [-0.25, -0.2) is 0 Å². The van der Waals surface area contributed by atoms with Crippen LogP contribution in [0.25, 0.3) is 0 Å². The first-order chi connectivity index (χ1) is 8.40. The molecule has 0 saturated carbocycles. The Morgan fingerprint density at radius 1 is 1.28 bits per heavy atom. The highest BCUT2D eigenvalue weighted by Gasteiger charge is 2.18. The van der Waals surface area contributed by atoms with Gasteiger partial charge in [0.1, 0.15) is 6.04 Å². The molecule has 0 aliphatic carbocycles. The maximum absolute atomic E-state index is 11.7. The highest BCUT2D eigenvalue weighted by Crippen LogP contribution is 2.05. The number of hydrogen-bond acceptors (Lipinski definition) is 3. The second-order valence-corrected chi connectivity index (χ2v) is 4.43. The Balaban J connectivity index is 2.54. The summed E-state index contributed by atoms with van der Waals surface area (Å²) in [5.74, 6) is -0.951. The van der Waals surface area contributed by atoms with Gasteiger partial charge in [-0.05, 0) is 25.8 Å². The Hall–Kier alpha value is -1.88. The van der Waals surface area contributed by atoms with E-state index >= 15 is 0 Å². The highest BCUT2D eigenvalue weighted by atomic mass is 16.2. The Bertz CT molecular complexity index is 428. The van der Waals surface area contributed by atoms with Crippen LogP contribution in [0.5, 0.6) is 0 Å².